The highest BCUT2D eigenvalue weighted by molar-refractivity contribution is 5.75. The van der Waals surface area contributed by atoms with E-state index >= 15 is 0 Å². The molecule has 0 radical (unpaired) electrons. The lowest BCUT2D eigenvalue weighted by molar-refractivity contribution is -0.274. The molecule has 0 aliphatic carbocycles. The lowest BCUT2D eigenvalue weighted by Crippen LogP contribution is -2.22. The van der Waals surface area contributed by atoms with Crippen molar-refractivity contribution in [2.45, 2.75) is 19.2 Å². The molecule has 0 aromatic heterocycles. The molecule has 3 rings (SSSR count). The zero-order valence-corrected chi connectivity index (χ0v) is 13.3. The van der Waals surface area contributed by atoms with Gasteiger partial charge in [0.05, 0.1) is 12.5 Å². The molecule has 1 heterocycles. The largest absolute Gasteiger partial charge is 0.573 e. The van der Waals surface area contributed by atoms with Gasteiger partial charge in [0.15, 0.2) is 0 Å². The topological polar surface area (TPSA) is 35.5 Å². The van der Waals surface area contributed by atoms with Gasteiger partial charge in [0, 0.05) is 5.92 Å². The van der Waals surface area contributed by atoms with Crippen molar-refractivity contribution in [1.29, 1.82) is 0 Å². The Hall–Kier alpha value is -2.50. The van der Waals surface area contributed by atoms with Gasteiger partial charge in [-0.1, -0.05) is 48.5 Å². The SMILES string of the molecule is O=C1OC[C@H](Cc2ccccc2)[C@H]1Cc1ccccc1OC(F)(F)F. The molecule has 1 fully saturated rings. The van der Waals surface area contributed by atoms with Gasteiger partial charge in [-0.25, -0.2) is 0 Å². The normalized spacial score (nSPS) is 20.4. The molecule has 0 unspecified atom stereocenters. The highest BCUT2D eigenvalue weighted by Crippen LogP contribution is 2.33. The predicted octanol–water partition coefficient (Wildman–Crippen LogP) is 4.16. The molecule has 132 valence electrons. The number of rotatable bonds is 5. The average molecular weight is 350 g/mol. The number of carbonyl (C=O) groups excluding carboxylic acids is 1. The first-order valence-corrected chi connectivity index (χ1v) is 7.96. The highest BCUT2D eigenvalue weighted by atomic mass is 19.4. The summed E-state index contributed by atoms with van der Waals surface area (Å²) >= 11 is 0. The Labute approximate surface area is 143 Å². The minimum absolute atomic E-state index is 0.0751. The molecule has 0 amide bonds. The van der Waals surface area contributed by atoms with Crippen molar-refractivity contribution in [3.8, 4) is 5.75 Å². The minimum atomic E-state index is -4.77. The molecule has 0 N–H and O–H groups in total. The third kappa shape index (κ3) is 4.53. The van der Waals surface area contributed by atoms with Gasteiger partial charge in [0.2, 0.25) is 0 Å². The van der Waals surface area contributed by atoms with E-state index in [1.54, 1.807) is 12.1 Å². The number of alkyl halides is 3. The molecular weight excluding hydrogens is 333 g/mol. The molecule has 25 heavy (non-hydrogen) atoms. The number of cyclic esters (lactones) is 1. The summed E-state index contributed by atoms with van der Waals surface area (Å²) in [6.45, 7) is 0.278. The van der Waals surface area contributed by atoms with E-state index in [4.69, 9.17) is 4.74 Å². The van der Waals surface area contributed by atoms with Crippen LogP contribution in [0.3, 0.4) is 0 Å². The maximum atomic E-state index is 12.6. The Morgan fingerprint density at radius 1 is 1.00 bits per heavy atom. The van der Waals surface area contributed by atoms with Gasteiger partial charge in [0.25, 0.3) is 0 Å². The van der Waals surface area contributed by atoms with E-state index in [1.807, 2.05) is 30.3 Å². The van der Waals surface area contributed by atoms with Crippen LogP contribution in [0.25, 0.3) is 0 Å². The second kappa shape index (κ2) is 7.17. The van der Waals surface area contributed by atoms with Crippen LogP contribution >= 0.6 is 0 Å². The molecule has 3 nitrogen and oxygen atoms in total. The van der Waals surface area contributed by atoms with Crippen molar-refractivity contribution in [2.24, 2.45) is 11.8 Å². The summed E-state index contributed by atoms with van der Waals surface area (Å²) in [6, 6.07) is 15.6. The van der Waals surface area contributed by atoms with Crippen LogP contribution in [0.5, 0.6) is 5.75 Å². The Bertz CT molecular complexity index is 728. The van der Waals surface area contributed by atoms with Crippen molar-refractivity contribution < 1.29 is 27.4 Å². The molecule has 2 aromatic rings. The highest BCUT2D eigenvalue weighted by Gasteiger charge is 2.38. The second-order valence-electron chi connectivity index (χ2n) is 6.05. The molecule has 0 saturated carbocycles. The van der Waals surface area contributed by atoms with Crippen LogP contribution in [0, 0.1) is 11.8 Å². The van der Waals surface area contributed by atoms with Gasteiger partial charge < -0.3 is 9.47 Å². The number of para-hydroxylation sites is 1. The van der Waals surface area contributed by atoms with Crippen LogP contribution < -0.4 is 4.74 Å². The Balaban J connectivity index is 1.77. The third-order valence-corrected chi connectivity index (χ3v) is 4.29. The van der Waals surface area contributed by atoms with Gasteiger partial charge in [-0.3, -0.25) is 4.79 Å². The van der Waals surface area contributed by atoms with Crippen LogP contribution in [0.1, 0.15) is 11.1 Å². The quantitative estimate of drug-likeness (QED) is 0.760. The average Bonchev–Trinajstić information content (AvgIpc) is 2.89. The number of benzene rings is 2. The fourth-order valence-corrected chi connectivity index (χ4v) is 3.11. The molecule has 1 saturated heterocycles. The van der Waals surface area contributed by atoms with E-state index in [-0.39, 0.29) is 30.7 Å². The number of hydrogen-bond acceptors (Lipinski definition) is 3. The fraction of sp³-hybridized carbons (Fsp3) is 0.316. The third-order valence-electron chi connectivity index (χ3n) is 4.29. The van der Waals surface area contributed by atoms with Gasteiger partial charge in [-0.05, 0) is 30.0 Å². The van der Waals surface area contributed by atoms with Crippen molar-refractivity contribution in [2.75, 3.05) is 6.61 Å². The predicted molar refractivity (Wildman–Crippen MR) is 84.9 cm³/mol. The van der Waals surface area contributed by atoms with E-state index in [0.717, 1.165) is 5.56 Å². The fourth-order valence-electron chi connectivity index (χ4n) is 3.11. The maximum Gasteiger partial charge on any atom is 0.573 e. The van der Waals surface area contributed by atoms with Crippen molar-refractivity contribution in [3.63, 3.8) is 0 Å². The molecule has 2 aromatic carbocycles. The monoisotopic (exact) mass is 350 g/mol. The zero-order valence-electron chi connectivity index (χ0n) is 13.3. The Kier molecular flexibility index (Phi) is 4.97. The maximum absolute atomic E-state index is 12.6. The first-order chi connectivity index (χ1) is 11.9. The molecule has 1 aliphatic rings. The smallest absolute Gasteiger partial charge is 0.465 e. The standard InChI is InChI=1S/C19H17F3O3/c20-19(21,22)25-17-9-5-4-8-14(17)11-16-15(12-24-18(16)23)10-13-6-2-1-3-7-13/h1-9,15-16H,10-12H2/t15-,16+/m0/s1. The number of esters is 1. The van der Waals surface area contributed by atoms with E-state index < -0.39 is 12.3 Å². The number of halogens is 3. The lowest BCUT2D eigenvalue weighted by Gasteiger charge is -2.18. The second-order valence-corrected chi connectivity index (χ2v) is 6.05. The van der Waals surface area contributed by atoms with Gasteiger partial charge in [0.1, 0.15) is 5.75 Å². The molecule has 0 bridgehead atoms. The summed E-state index contributed by atoms with van der Waals surface area (Å²) in [5.41, 5.74) is 1.41. The first kappa shape index (κ1) is 17.3. The van der Waals surface area contributed by atoms with Crippen LogP contribution in [-0.2, 0) is 22.4 Å². The molecule has 6 heteroatoms. The van der Waals surface area contributed by atoms with E-state index in [2.05, 4.69) is 4.74 Å². The minimum Gasteiger partial charge on any atom is -0.465 e. The number of ether oxygens (including phenoxy) is 2. The van der Waals surface area contributed by atoms with Crippen LogP contribution in [0.4, 0.5) is 13.2 Å². The van der Waals surface area contributed by atoms with Crippen LogP contribution in [0.15, 0.2) is 54.6 Å². The summed E-state index contributed by atoms with van der Waals surface area (Å²) in [5.74, 6) is -1.21. The van der Waals surface area contributed by atoms with Crippen molar-refractivity contribution >= 4 is 5.97 Å². The zero-order chi connectivity index (χ0) is 17.9. The summed E-state index contributed by atoms with van der Waals surface area (Å²) in [6.07, 6.45) is -3.97. The molecular formula is C19H17F3O3. The first-order valence-electron chi connectivity index (χ1n) is 7.96. The van der Waals surface area contributed by atoms with Crippen LogP contribution in [0.2, 0.25) is 0 Å². The van der Waals surface area contributed by atoms with Crippen LogP contribution in [-0.4, -0.2) is 18.9 Å². The summed E-state index contributed by atoms with van der Waals surface area (Å²) < 4.78 is 46.9. The Morgan fingerprint density at radius 3 is 2.40 bits per heavy atom. The van der Waals surface area contributed by atoms with E-state index in [9.17, 15) is 18.0 Å². The van der Waals surface area contributed by atoms with Gasteiger partial charge in [-0.15, -0.1) is 13.2 Å². The van der Waals surface area contributed by atoms with Gasteiger partial charge >= 0.3 is 12.3 Å². The van der Waals surface area contributed by atoms with E-state index in [0.29, 0.717) is 12.0 Å². The molecule has 0 spiro atoms. The number of carbonyl (C=O) groups is 1. The number of hydrogen-bond donors (Lipinski definition) is 0. The van der Waals surface area contributed by atoms with Crippen molar-refractivity contribution in [3.05, 3.63) is 65.7 Å². The summed E-state index contributed by atoms with van der Waals surface area (Å²) in [4.78, 5) is 12.1. The van der Waals surface area contributed by atoms with Gasteiger partial charge in [-0.2, -0.15) is 0 Å². The summed E-state index contributed by atoms with van der Waals surface area (Å²) in [7, 11) is 0. The van der Waals surface area contributed by atoms with E-state index in [1.165, 1.54) is 12.1 Å². The van der Waals surface area contributed by atoms with Crippen molar-refractivity contribution in [1.82, 2.24) is 0 Å². The Morgan fingerprint density at radius 2 is 1.68 bits per heavy atom. The summed E-state index contributed by atoms with van der Waals surface area (Å²) in [5, 5.41) is 0. The molecule has 2 atom stereocenters. The lowest BCUT2D eigenvalue weighted by atomic mass is 9.85. The molecule has 1 aliphatic heterocycles.